The fourth-order valence-electron chi connectivity index (χ4n) is 2.59. The molecule has 2 aromatic carbocycles. The number of H-pyrrole nitrogens is 1. The molecule has 5 nitrogen and oxygen atoms in total. The first-order chi connectivity index (χ1) is 11.1. The van der Waals surface area contributed by atoms with Gasteiger partial charge >= 0.3 is 0 Å². The van der Waals surface area contributed by atoms with Gasteiger partial charge in [-0.3, -0.25) is 9.78 Å². The highest BCUT2D eigenvalue weighted by Crippen LogP contribution is 2.19. The molecule has 0 radical (unpaired) electrons. The molecule has 0 saturated heterocycles. The van der Waals surface area contributed by atoms with Crippen LogP contribution in [0.15, 0.2) is 59.4 Å². The first kappa shape index (κ1) is 15.2. The Balaban J connectivity index is 1.73. The van der Waals surface area contributed by atoms with E-state index in [0.717, 1.165) is 5.56 Å². The van der Waals surface area contributed by atoms with Crippen molar-refractivity contribution in [1.82, 2.24) is 9.97 Å². The Bertz CT molecular complexity index is 846. The van der Waals surface area contributed by atoms with Crippen LogP contribution in [0.5, 0.6) is 0 Å². The third-order valence-electron chi connectivity index (χ3n) is 3.76. The molecule has 23 heavy (non-hydrogen) atoms. The highest BCUT2D eigenvalue weighted by atomic mass is 16.3. The molecule has 0 aliphatic heterocycles. The van der Waals surface area contributed by atoms with E-state index in [1.54, 1.807) is 12.1 Å². The lowest BCUT2D eigenvalue weighted by Gasteiger charge is -2.18. The van der Waals surface area contributed by atoms with E-state index in [1.165, 1.54) is 0 Å². The Kier molecular flexibility index (Phi) is 4.39. The van der Waals surface area contributed by atoms with Gasteiger partial charge in [-0.2, -0.15) is 0 Å². The summed E-state index contributed by atoms with van der Waals surface area (Å²) in [7, 11) is 0. The van der Waals surface area contributed by atoms with Crippen LogP contribution >= 0.6 is 0 Å². The predicted molar refractivity (Wildman–Crippen MR) is 91.5 cm³/mol. The van der Waals surface area contributed by atoms with Crippen molar-refractivity contribution in [3.05, 3.63) is 70.5 Å². The molecule has 0 aliphatic carbocycles. The molecular weight excluding hydrogens is 290 g/mol. The van der Waals surface area contributed by atoms with Crippen LogP contribution in [0.25, 0.3) is 10.9 Å². The molecule has 118 valence electrons. The monoisotopic (exact) mass is 309 g/mol. The van der Waals surface area contributed by atoms with Crippen LogP contribution in [0.4, 0.5) is 5.95 Å². The molecule has 2 atom stereocenters. The normalized spacial score (nSPS) is 13.7. The summed E-state index contributed by atoms with van der Waals surface area (Å²) in [5.41, 5.74) is 1.35. The Hall–Kier alpha value is -2.66. The van der Waals surface area contributed by atoms with E-state index in [-0.39, 0.29) is 11.6 Å². The molecule has 0 aliphatic rings. The van der Waals surface area contributed by atoms with Gasteiger partial charge in [0.2, 0.25) is 5.95 Å². The van der Waals surface area contributed by atoms with Crippen molar-refractivity contribution in [2.24, 2.45) is 0 Å². The Labute approximate surface area is 134 Å². The van der Waals surface area contributed by atoms with Gasteiger partial charge in [-0.15, -0.1) is 0 Å². The minimum atomic E-state index is -0.564. The average molecular weight is 309 g/mol. The summed E-state index contributed by atoms with van der Waals surface area (Å²) in [6.45, 7) is 1.95. The van der Waals surface area contributed by atoms with Crippen LogP contribution in [-0.2, 0) is 0 Å². The summed E-state index contributed by atoms with van der Waals surface area (Å²) in [5.74, 6) is 0.418. The maximum atomic E-state index is 12.0. The summed E-state index contributed by atoms with van der Waals surface area (Å²) in [6.07, 6.45) is -0.0496. The van der Waals surface area contributed by atoms with Gasteiger partial charge in [0.15, 0.2) is 0 Å². The maximum absolute atomic E-state index is 12.0. The maximum Gasteiger partial charge on any atom is 0.260 e. The molecule has 5 heteroatoms. The average Bonchev–Trinajstić information content (AvgIpc) is 2.55. The second kappa shape index (κ2) is 6.62. The number of para-hydroxylation sites is 1. The van der Waals surface area contributed by atoms with Crippen LogP contribution in [0.3, 0.4) is 0 Å². The van der Waals surface area contributed by atoms with E-state index in [9.17, 15) is 9.90 Å². The van der Waals surface area contributed by atoms with E-state index < -0.39 is 6.10 Å². The largest absolute Gasteiger partial charge is 0.388 e. The second-order valence-electron chi connectivity index (χ2n) is 5.64. The number of aromatic amines is 1. The molecule has 0 fully saturated rings. The van der Waals surface area contributed by atoms with Gasteiger partial charge in [-0.1, -0.05) is 42.5 Å². The van der Waals surface area contributed by atoms with E-state index in [1.807, 2.05) is 49.4 Å². The smallest absolute Gasteiger partial charge is 0.260 e. The van der Waals surface area contributed by atoms with Crippen molar-refractivity contribution in [3.8, 4) is 0 Å². The predicted octanol–water partition coefficient (Wildman–Crippen LogP) is 2.85. The number of aromatic nitrogens is 2. The summed E-state index contributed by atoms with van der Waals surface area (Å²) in [6, 6.07) is 16.7. The molecule has 3 aromatic rings. The quantitative estimate of drug-likeness (QED) is 0.677. The lowest BCUT2D eigenvalue weighted by atomic mass is 10.0. The van der Waals surface area contributed by atoms with Crippen LogP contribution in [0.1, 0.15) is 25.0 Å². The summed E-state index contributed by atoms with van der Waals surface area (Å²) in [5, 5.41) is 14.0. The molecular formula is C18H19N3O2. The first-order valence-corrected chi connectivity index (χ1v) is 7.62. The molecule has 3 N–H and O–H groups in total. The number of aliphatic hydroxyl groups is 1. The third kappa shape index (κ3) is 3.57. The number of anilines is 1. The van der Waals surface area contributed by atoms with Crippen LogP contribution < -0.4 is 10.9 Å². The third-order valence-corrected chi connectivity index (χ3v) is 3.76. The number of hydrogen-bond donors (Lipinski definition) is 3. The number of aliphatic hydroxyl groups excluding tert-OH is 1. The Morgan fingerprint density at radius 2 is 1.83 bits per heavy atom. The zero-order valence-corrected chi connectivity index (χ0v) is 12.9. The first-order valence-electron chi connectivity index (χ1n) is 7.62. The Morgan fingerprint density at radius 3 is 2.61 bits per heavy atom. The Morgan fingerprint density at radius 1 is 1.13 bits per heavy atom. The van der Waals surface area contributed by atoms with Gasteiger partial charge in [-0.05, 0) is 31.0 Å². The van der Waals surface area contributed by atoms with Crippen LogP contribution in [0, 0.1) is 0 Å². The van der Waals surface area contributed by atoms with Crippen molar-refractivity contribution in [2.45, 2.75) is 25.5 Å². The van der Waals surface area contributed by atoms with E-state index in [2.05, 4.69) is 15.3 Å². The zero-order chi connectivity index (χ0) is 16.2. The van der Waals surface area contributed by atoms with Crippen molar-refractivity contribution >= 4 is 16.9 Å². The fraction of sp³-hybridized carbons (Fsp3) is 0.222. The lowest BCUT2D eigenvalue weighted by molar-refractivity contribution is 0.162. The molecule has 0 amide bonds. The lowest BCUT2D eigenvalue weighted by Crippen LogP contribution is -2.22. The van der Waals surface area contributed by atoms with Gasteiger partial charge in [0, 0.05) is 6.04 Å². The molecule has 1 heterocycles. The number of hydrogen-bond acceptors (Lipinski definition) is 4. The highest BCUT2D eigenvalue weighted by Gasteiger charge is 2.13. The van der Waals surface area contributed by atoms with E-state index in [0.29, 0.717) is 23.3 Å². The second-order valence-corrected chi connectivity index (χ2v) is 5.64. The number of nitrogens with one attached hydrogen (secondary N) is 2. The zero-order valence-electron chi connectivity index (χ0n) is 12.9. The van der Waals surface area contributed by atoms with Crippen molar-refractivity contribution in [2.75, 3.05) is 5.32 Å². The van der Waals surface area contributed by atoms with Gasteiger partial charge in [0.05, 0.1) is 17.0 Å². The molecule has 0 spiro atoms. The molecule has 3 rings (SSSR count). The number of rotatable bonds is 5. The van der Waals surface area contributed by atoms with E-state index >= 15 is 0 Å². The molecule has 0 saturated carbocycles. The van der Waals surface area contributed by atoms with Crippen LogP contribution in [-0.4, -0.2) is 21.1 Å². The fourth-order valence-corrected chi connectivity index (χ4v) is 2.59. The van der Waals surface area contributed by atoms with Gasteiger partial charge in [0.1, 0.15) is 0 Å². The molecule has 1 aromatic heterocycles. The minimum Gasteiger partial charge on any atom is -0.388 e. The van der Waals surface area contributed by atoms with Crippen molar-refractivity contribution in [1.29, 1.82) is 0 Å². The summed E-state index contributed by atoms with van der Waals surface area (Å²) in [4.78, 5) is 19.2. The number of benzene rings is 2. The molecule has 0 bridgehead atoms. The summed E-state index contributed by atoms with van der Waals surface area (Å²) < 4.78 is 0. The van der Waals surface area contributed by atoms with Crippen molar-refractivity contribution < 1.29 is 5.11 Å². The van der Waals surface area contributed by atoms with Gasteiger partial charge in [-0.25, -0.2) is 4.98 Å². The standard InChI is InChI=1S/C18H19N3O2/c1-12(11-16(22)13-7-3-2-4-8-13)19-18-20-15-10-6-5-9-14(15)17(23)21-18/h2-10,12,16,22H,11H2,1H3,(H2,19,20,21,23)/t12-,16-/m0/s1. The molecule has 0 unspecified atom stereocenters. The van der Waals surface area contributed by atoms with Crippen LogP contribution in [0.2, 0.25) is 0 Å². The SMILES string of the molecule is C[C@@H](C[C@H](O)c1ccccc1)Nc1nc2ccccc2c(=O)[nH]1. The topological polar surface area (TPSA) is 78.0 Å². The van der Waals surface area contributed by atoms with Crippen molar-refractivity contribution in [3.63, 3.8) is 0 Å². The number of nitrogens with zero attached hydrogens (tertiary/aromatic N) is 1. The highest BCUT2D eigenvalue weighted by molar-refractivity contribution is 5.78. The summed E-state index contributed by atoms with van der Waals surface area (Å²) >= 11 is 0. The minimum absolute atomic E-state index is 0.0467. The number of fused-ring (bicyclic) bond motifs is 1. The van der Waals surface area contributed by atoms with E-state index in [4.69, 9.17) is 0 Å². The van der Waals surface area contributed by atoms with Gasteiger partial charge < -0.3 is 10.4 Å². The van der Waals surface area contributed by atoms with Gasteiger partial charge in [0.25, 0.3) is 5.56 Å².